The van der Waals surface area contributed by atoms with Crippen LogP contribution in [0.15, 0.2) is 12.1 Å². The molecule has 3 N–H and O–H groups in total. The van der Waals surface area contributed by atoms with Gasteiger partial charge in [0.2, 0.25) is 0 Å². The number of benzene rings is 1. The van der Waals surface area contributed by atoms with Gasteiger partial charge in [0.15, 0.2) is 11.6 Å². The number of hydrogen-bond donors (Lipinski definition) is 2. The summed E-state index contributed by atoms with van der Waals surface area (Å²) in [6.45, 7) is 0.407. The number of nitrogen functional groups attached to an aromatic ring is 1. The Hall–Kier alpha value is -1.78. The van der Waals surface area contributed by atoms with Gasteiger partial charge in [-0.3, -0.25) is 0 Å². The van der Waals surface area contributed by atoms with Gasteiger partial charge in [0.1, 0.15) is 0 Å². The van der Waals surface area contributed by atoms with Crippen molar-refractivity contribution in [2.24, 2.45) is 5.92 Å². The first-order valence-corrected chi connectivity index (χ1v) is 5.53. The van der Waals surface area contributed by atoms with E-state index in [9.17, 15) is 9.18 Å². The van der Waals surface area contributed by atoms with Crippen LogP contribution in [0.5, 0.6) is 5.75 Å². The Morgan fingerprint density at radius 1 is 1.53 bits per heavy atom. The average molecular weight is 239 g/mol. The smallest absolute Gasteiger partial charge is 0.337 e. The molecule has 0 saturated heterocycles. The van der Waals surface area contributed by atoms with E-state index in [2.05, 4.69) is 0 Å². The number of anilines is 1. The normalized spacial score (nSPS) is 14.6. The molecule has 0 amide bonds. The van der Waals surface area contributed by atoms with E-state index in [0.717, 1.165) is 18.6 Å². The maximum absolute atomic E-state index is 13.4. The summed E-state index contributed by atoms with van der Waals surface area (Å²) in [7, 11) is 0. The third-order valence-electron chi connectivity index (χ3n) is 2.82. The monoisotopic (exact) mass is 239 g/mol. The summed E-state index contributed by atoms with van der Waals surface area (Å²) in [6, 6.07) is 2.12. The number of nitrogens with two attached hydrogens (primary N) is 1. The molecule has 5 heteroatoms. The van der Waals surface area contributed by atoms with Crippen LogP contribution in [-0.2, 0) is 0 Å². The first-order chi connectivity index (χ1) is 8.08. The molecule has 0 bridgehead atoms. The maximum atomic E-state index is 13.4. The van der Waals surface area contributed by atoms with Crippen LogP contribution in [0, 0.1) is 11.7 Å². The molecule has 1 saturated carbocycles. The predicted octanol–water partition coefficient (Wildman–Crippen LogP) is 2.29. The largest absolute Gasteiger partial charge is 0.490 e. The highest BCUT2D eigenvalue weighted by Crippen LogP contribution is 2.32. The predicted molar refractivity (Wildman–Crippen MR) is 60.6 cm³/mol. The zero-order valence-corrected chi connectivity index (χ0v) is 9.28. The number of carboxylic acids is 1. The van der Waals surface area contributed by atoms with Gasteiger partial charge in [0.25, 0.3) is 0 Å². The Kier molecular flexibility index (Phi) is 3.17. The molecular weight excluding hydrogens is 225 g/mol. The van der Waals surface area contributed by atoms with Crippen molar-refractivity contribution in [3.8, 4) is 5.75 Å². The minimum Gasteiger partial charge on any atom is -0.490 e. The first kappa shape index (κ1) is 11.7. The van der Waals surface area contributed by atoms with Gasteiger partial charge in [-0.1, -0.05) is 12.8 Å². The minimum atomic E-state index is -1.19. The highest BCUT2D eigenvalue weighted by Gasteiger charge is 2.21. The van der Waals surface area contributed by atoms with Crippen molar-refractivity contribution >= 4 is 11.7 Å². The molecule has 1 fully saturated rings. The third-order valence-corrected chi connectivity index (χ3v) is 2.82. The molecule has 1 aliphatic rings. The van der Waals surface area contributed by atoms with Gasteiger partial charge in [0.05, 0.1) is 12.2 Å². The molecule has 17 heavy (non-hydrogen) atoms. The van der Waals surface area contributed by atoms with E-state index in [1.807, 2.05) is 0 Å². The summed E-state index contributed by atoms with van der Waals surface area (Å²) >= 11 is 0. The SMILES string of the molecule is Nc1cc(F)c(OCCC2CC2)cc1C(=O)O. The quantitative estimate of drug-likeness (QED) is 0.773. The van der Waals surface area contributed by atoms with Crippen LogP contribution in [0.2, 0.25) is 0 Å². The summed E-state index contributed by atoms with van der Waals surface area (Å²) in [5.74, 6) is -1.17. The van der Waals surface area contributed by atoms with Crippen molar-refractivity contribution in [1.82, 2.24) is 0 Å². The van der Waals surface area contributed by atoms with Crippen LogP contribution in [0.25, 0.3) is 0 Å². The summed E-state index contributed by atoms with van der Waals surface area (Å²) in [5.41, 5.74) is 5.18. The minimum absolute atomic E-state index is 0.0442. The van der Waals surface area contributed by atoms with Gasteiger partial charge in [0, 0.05) is 11.8 Å². The standard InChI is InChI=1S/C12H14FNO3/c13-9-6-10(14)8(12(15)16)5-11(9)17-4-3-7-1-2-7/h5-7H,1-4,14H2,(H,15,16). The second-order valence-electron chi connectivity index (χ2n) is 4.26. The fourth-order valence-corrected chi connectivity index (χ4v) is 1.61. The van der Waals surface area contributed by atoms with Crippen molar-refractivity contribution in [2.75, 3.05) is 12.3 Å². The number of ether oxygens (including phenoxy) is 1. The highest BCUT2D eigenvalue weighted by molar-refractivity contribution is 5.94. The Morgan fingerprint density at radius 3 is 2.82 bits per heavy atom. The molecule has 4 nitrogen and oxygen atoms in total. The molecule has 0 aromatic heterocycles. The van der Waals surface area contributed by atoms with E-state index >= 15 is 0 Å². The first-order valence-electron chi connectivity index (χ1n) is 5.53. The molecule has 0 aliphatic heterocycles. The van der Waals surface area contributed by atoms with E-state index in [1.54, 1.807) is 0 Å². The Labute approximate surface area is 98.2 Å². The van der Waals surface area contributed by atoms with E-state index < -0.39 is 11.8 Å². The van der Waals surface area contributed by atoms with Crippen molar-refractivity contribution in [3.63, 3.8) is 0 Å². The van der Waals surface area contributed by atoms with Gasteiger partial charge in [-0.05, 0) is 18.4 Å². The van der Waals surface area contributed by atoms with Gasteiger partial charge in [-0.25, -0.2) is 9.18 Å². The lowest BCUT2D eigenvalue weighted by Crippen LogP contribution is -2.06. The highest BCUT2D eigenvalue weighted by atomic mass is 19.1. The van der Waals surface area contributed by atoms with E-state index in [0.29, 0.717) is 12.5 Å². The van der Waals surface area contributed by atoms with Crippen LogP contribution >= 0.6 is 0 Å². The Morgan fingerprint density at radius 2 is 2.24 bits per heavy atom. The molecule has 0 heterocycles. The topological polar surface area (TPSA) is 72.5 Å². The van der Waals surface area contributed by atoms with Crippen molar-refractivity contribution in [1.29, 1.82) is 0 Å². The Balaban J connectivity index is 2.08. The molecule has 92 valence electrons. The molecule has 1 aromatic rings. The van der Waals surface area contributed by atoms with Crippen molar-refractivity contribution < 1.29 is 19.0 Å². The van der Waals surface area contributed by atoms with Gasteiger partial charge < -0.3 is 15.6 Å². The average Bonchev–Trinajstić information content (AvgIpc) is 3.04. The lowest BCUT2D eigenvalue weighted by Gasteiger charge is -2.09. The molecule has 1 aromatic carbocycles. The maximum Gasteiger partial charge on any atom is 0.337 e. The van der Waals surface area contributed by atoms with Gasteiger partial charge in [-0.2, -0.15) is 0 Å². The van der Waals surface area contributed by atoms with E-state index in [4.69, 9.17) is 15.6 Å². The van der Waals surface area contributed by atoms with E-state index in [1.165, 1.54) is 12.8 Å². The van der Waals surface area contributed by atoms with Crippen molar-refractivity contribution in [2.45, 2.75) is 19.3 Å². The zero-order chi connectivity index (χ0) is 12.4. The number of aromatic carboxylic acids is 1. The lowest BCUT2D eigenvalue weighted by molar-refractivity contribution is 0.0697. The molecular formula is C12H14FNO3. The summed E-state index contributed by atoms with van der Waals surface area (Å²) in [4.78, 5) is 10.8. The molecule has 0 spiro atoms. The van der Waals surface area contributed by atoms with E-state index in [-0.39, 0.29) is 17.0 Å². The van der Waals surface area contributed by atoms with Crippen LogP contribution in [0.4, 0.5) is 10.1 Å². The fraction of sp³-hybridized carbons (Fsp3) is 0.417. The van der Waals surface area contributed by atoms with Crippen LogP contribution in [-0.4, -0.2) is 17.7 Å². The molecule has 2 rings (SSSR count). The number of halogens is 1. The summed E-state index contributed by atoms with van der Waals surface area (Å²) in [5, 5.41) is 8.85. The molecule has 0 radical (unpaired) electrons. The molecule has 1 aliphatic carbocycles. The summed E-state index contributed by atoms with van der Waals surface area (Å²) in [6.07, 6.45) is 3.29. The van der Waals surface area contributed by atoms with Crippen LogP contribution in [0.1, 0.15) is 29.6 Å². The molecule has 0 atom stereocenters. The van der Waals surface area contributed by atoms with Crippen LogP contribution < -0.4 is 10.5 Å². The van der Waals surface area contributed by atoms with Crippen LogP contribution in [0.3, 0.4) is 0 Å². The number of rotatable bonds is 5. The second kappa shape index (κ2) is 4.61. The third kappa shape index (κ3) is 2.87. The lowest BCUT2D eigenvalue weighted by atomic mass is 10.1. The number of carbonyl (C=O) groups is 1. The fourth-order valence-electron chi connectivity index (χ4n) is 1.61. The van der Waals surface area contributed by atoms with Gasteiger partial charge in [-0.15, -0.1) is 0 Å². The Bertz CT molecular complexity index is 444. The second-order valence-corrected chi connectivity index (χ2v) is 4.26. The summed E-state index contributed by atoms with van der Waals surface area (Å²) < 4.78 is 18.7. The molecule has 0 unspecified atom stereocenters. The van der Waals surface area contributed by atoms with Gasteiger partial charge >= 0.3 is 5.97 Å². The number of hydrogen-bond acceptors (Lipinski definition) is 3. The number of carboxylic acid groups (broad SMARTS) is 1. The van der Waals surface area contributed by atoms with Crippen molar-refractivity contribution in [3.05, 3.63) is 23.5 Å². The zero-order valence-electron chi connectivity index (χ0n) is 9.28.